The number of hydrogen-bond acceptors (Lipinski definition) is 4. The average molecular weight is 337 g/mol. The highest BCUT2D eigenvalue weighted by molar-refractivity contribution is 7.80. The lowest BCUT2D eigenvalue weighted by Crippen LogP contribution is -2.49. The van der Waals surface area contributed by atoms with Crippen LogP contribution in [0.1, 0.15) is 38.2 Å². The Morgan fingerprint density at radius 3 is 2.57 bits per heavy atom. The van der Waals surface area contributed by atoms with Crippen LogP contribution in [-0.4, -0.2) is 23.5 Å². The molecule has 1 aromatic carbocycles. The molecule has 0 spiro atoms. The first-order valence-electron chi connectivity index (χ1n) is 7.60. The smallest absolute Gasteiger partial charge is 0.276 e. The SMILES string of the molecule is CCCCCC(=O)NC(=S)NNC(=O)COc1ccccc1C. The van der Waals surface area contributed by atoms with E-state index in [0.29, 0.717) is 12.2 Å². The molecule has 0 saturated heterocycles. The third-order valence-electron chi connectivity index (χ3n) is 3.03. The minimum Gasteiger partial charge on any atom is -0.483 e. The lowest BCUT2D eigenvalue weighted by molar-refractivity contribution is -0.124. The molecule has 0 aliphatic carbocycles. The molecule has 3 N–H and O–H groups in total. The molecule has 0 aliphatic rings. The zero-order valence-corrected chi connectivity index (χ0v) is 14.3. The van der Waals surface area contributed by atoms with Gasteiger partial charge in [0.15, 0.2) is 11.7 Å². The summed E-state index contributed by atoms with van der Waals surface area (Å²) in [5.41, 5.74) is 5.80. The van der Waals surface area contributed by atoms with Gasteiger partial charge in [-0.25, -0.2) is 0 Å². The van der Waals surface area contributed by atoms with Crippen molar-refractivity contribution >= 4 is 29.1 Å². The van der Waals surface area contributed by atoms with Gasteiger partial charge in [0.1, 0.15) is 5.75 Å². The fourth-order valence-electron chi connectivity index (χ4n) is 1.78. The number of carbonyl (C=O) groups excluding carboxylic acids is 2. The van der Waals surface area contributed by atoms with Gasteiger partial charge in [-0.05, 0) is 37.2 Å². The lowest BCUT2D eigenvalue weighted by atomic mass is 10.2. The van der Waals surface area contributed by atoms with Gasteiger partial charge in [0.05, 0.1) is 0 Å². The molecule has 1 aromatic rings. The first-order valence-corrected chi connectivity index (χ1v) is 8.00. The largest absolute Gasteiger partial charge is 0.483 e. The van der Waals surface area contributed by atoms with Crippen LogP contribution in [-0.2, 0) is 9.59 Å². The Kier molecular flexibility index (Phi) is 8.67. The summed E-state index contributed by atoms with van der Waals surface area (Å²) < 4.78 is 5.39. The second-order valence-corrected chi connectivity index (χ2v) is 5.47. The van der Waals surface area contributed by atoms with Crippen LogP contribution in [0.25, 0.3) is 0 Å². The van der Waals surface area contributed by atoms with Crippen LogP contribution in [0, 0.1) is 6.92 Å². The zero-order chi connectivity index (χ0) is 17.1. The van der Waals surface area contributed by atoms with E-state index in [2.05, 4.69) is 23.1 Å². The predicted molar refractivity (Wildman–Crippen MR) is 92.8 cm³/mol. The number of unbranched alkanes of at least 4 members (excludes halogenated alkanes) is 2. The summed E-state index contributed by atoms with van der Waals surface area (Å²) in [5, 5.41) is 2.57. The second kappa shape index (κ2) is 10.6. The number of ether oxygens (including phenoxy) is 1. The van der Waals surface area contributed by atoms with Crippen molar-refractivity contribution in [1.29, 1.82) is 0 Å². The van der Waals surface area contributed by atoms with Gasteiger partial charge in [-0.3, -0.25) is 20.4 Å². The summed E-state index contributed by atoms with van der Waals surface area (Å²) >= 11 is 4.93. The van der Waals surface area contributed by atoms with E-state index in [1.807, 2.05) is 25.1 Å². The fourth-order valence-corrected chi connectivity index (χ4v) is 1.95. The van der Waals surface area contributed by atoms with Crippen molar-refractivity contribution in [2.24, 2.45) is 0 Å². The Morgan fingerprint density at radius 1 is 1.13 bits per heavy atom. The quantitative estimate of drug-likeness (QED) is 0.403. The third kappa shape index (κ3) is 8.15. The van der Waals surface area contributed by atoms with E-state index in [1.54, 1.807) is 6.07 Å². The molecule has 2 amide bonds. The van der Waals surface area contributed by atoms with Crippen LogP contribution in [0.3, 0.4) is 0 Å². The van der Waals surface area contributed by atoms with Crippen molar-refractivity contribution in [1.82, 2.24) is 16.2 Å². The van der Waals surface area contributed by atoms with Gasteiger partial charge >= 0.3 is 0 Å². The highest BCUT2D eigenvalue weighted by Crippen LogP contribution is 2.15. The molecule has 23 heavy (non-hydrogen) atoms. The Morgan fingerprint density at radius 2 is 1.87 bits per heavy atom. The van der Waals surface area contributed by atoms with E-state index < -0.39 is 5.91 Å². The number of benzene rings is 1. The number of aryl methyl sites for hydroxylation is 1. The number of hydrogen-bond donors (Lipinski definition) is 3. The summed E-state index contributed by atoms with van der Waals surface area (Å²) in [5.74, 6) is 0.0895. The van der Waals surface area contributed by atoms with Crippen LogP contribution in [0.4, 0.5) is 0 Å². The standard InChI is InChI=1S/C16H23N3O3S/c1-3-4-5-10-14(20)17-16(23)19-18-15(21)11-22-13-9-7-6-8-12(13)2/h6-9H,3-5,10-11H2,1-2H3,(H,18,21)(H2,17,19,20,23). The van der Waals surface area contributed by atoms with Gasteiger partial charge in [-0.2, -0.15) is 0 Å². The molecule has 0 fully saturated rings. The normalized spacial score (nSPS) is 9.83. The van der Waals surface area contributed by atoms with E-state index in [-0.39, 0.29) is 17.6 Å². The summed E-state index contributed by atoms with van der Waals surface area (Å²) in [6.45, 7) is 3.82. The summed E-state index contributed by atoms with van der Waals surface area (Å²) in [6.07, 6.45) is 3.29. The van der Waals surface area contributed by atoms with Crippen LogP contribution in [0.15, 0.2) is 24.3 Å². The molecule has 0 saturated carbocycles. The maximum absolute atomic E-state index is 11.7. The summed E-state index contributed by atoms with van der Waals surface area (Å²) in [7, 11) is 0. The average Bonchev–Trinajstić information content (AvgIpc) is 2.52. The van der Waals surface area contributed by atoms with Crippen molar-refractivity contribution in [3.63, 3.8) is 0 Å². The molecule has 7 heteroatoms. The van der Waals surface area contributed by atoms with Gasteiger partial charge in [0, 0.05) is 6.42 Å². The number of hydrazine groups is 1. The van der Waals surface area contributed by atoms with Crippen molar-refractivity contribution in [3.8, 4) is 5.75 Å². The van der Waals surface area contributed by atoms with Crippen molar-refractivity contribution < 1.29 is 14.3 Å². The molecule has 0 bridgehead atoms. The van der Waals surface area contributed by atoms with Gasteiger partial charge in [-0.1, -0.05) is 38.0 Å². The Labute approximate surface area is 141 Å². The number of nitrogens with one attached hydrogen (secondary N) is 3. The van der Waals surface area contributed by atoms with Gasteiger partial charge in [-0.15, -0.1) is 0 Å². The van der Waals surface area contributed by atoms with Crippen LogP contribution >= 0.6 is 12.2 Å². The maximum Gasteiger partial charge on any atom is 0.276 e. The summed E-state index contributed by atoms with van der Waals surface area (Å²) in [6, 6.07) is 7.42. The van der Waals surface area contributed by atoms with Crippen LogP contribution < -0.4 is 20.9 Å². The molecule has 0 radical (unpaired) electrons. The molecule has 0 atom stereocenters. The number of carbonyl (C=O) groups is 2. The van der Waals surface area contributed by atoms with E-state index in [1.165, 1.54) is 0 Å². The predicted octanol–water partition coefficient (Wildman–Crippen LogP) is 1.98. The van der Waals surface area contributed by atoms with Crippen LogP contribution in [0.5, 0.6) is 5.75 Å². The van der Waals surface area contributed by atoms with Gasteiger partial charge in [0.2, 0.25) is 5.91 Å². The molecule has 126 valence electrons. The lowest BCUT2D eigenvalue weighted by Gasteiger charge is -2.12. The molecule has 0 unspecified atom stereocenters. The zero-order valence-electron chi connectivity index (χ0n) is 13.5. The maximum atomic E-state index is 11.7. The highest BCUT2D eigenvalue weighted by Gasteiger charge is 2.07. The molecule has 1 rings (SSSR count). The first kappa shape index (κ1) is 18.9. The van der Waals surface area contributed by atoms with Crippen LogP contribution in [0.2, 0.25) is 0 Å². The second-order valence-electron chi connectivity index (χ2n) is 5.06. The highest BCUT2D eigenvalue weighted by atomic mass is 32.1. The minimum atomic E-state index is -0.393. The fraction of sp³-hybridized carbons (Fsp3) is 0.438. The molecule has 6 nitrogen and oxygen atoms in total. The third-order valence-corrected chi connectivity index (χ3v) is 3.23. The van der Waals surface area contributed by atoms with E-state index in [0.717, 1.165) is 24.8 Å². The molecular formula is C16H23N3O3S. The molecule has 0 aromatic heterocycles. The Bertz CT molecular complexity index is 549. The number of rotatable bonds is 7. The van der Waals surface area contributed by atoms with E-state index >= 15 is 0 Å². The van der Waals surface area contributed by atoms with E-state index in [9.17, 15) is 9.59 Å². The van der Waals surface area contributed by atoms with Gasteiger partial charge in [0.25, 0.3) is 5.91 Å². The minimum absolute atomic E-state index is 0.0655. The van der Waals surface area contributed by atoms with Gasteiger partial charge < -0.3 is 10.1 Å². The van der Waals surface area contributed by atoms with Crippen molar-refractivity contribution in [2.45, 2.75) is 39.5 Å². The molecular weight excluding hydrogens is 314 g/mol. The number of para-hydroxylation sites is 1. The molecule has 0 aliphatic heterocycles. The topological polar surface area (TPSA) is 79.5 Å². The van der Waals surface area contributed by atoms with Crippen molar-refractivity contribution in [2.75, 3.05) is 6.61 Å². The summed E-state index contributed by atoms with van der Waals surface area (Å²) in [4.78, 5) is 23.2. The first-order chi connectivity index (χ1) is 11.0. The monoisotopic (exact) mass is 337 g/mol. The van der Waals surface area contributed by atoms with Crippen molar-refractivity contribution in [3.05, 3.63) is 29.8 Å². The molecule has 0 heterocycles. The number of thiocarbonyl (C=S) groups is 1. The number of amides is 2. The van der Waals surface area contributed by atoms with E-state index in [4.69, 9.17) is 17.0 Å². The Balaban J connectivity index is 2.21. The Hall–Kier alpha value is -2.15.